The minimum Gasteiger partial charge on any atom is -0.385 e. The molecule has 2 unspecified atom stereocenters. The maximum Gasteiger partial charge on any atom is 0.123 e. The molecule has 2 fully saturated rings. The molecule has 0 aromatic heterocycles. The van der Waals surface area contributed by atoms with Crippen LogP contribution in [0, 0.1) is 12.7 Å². The number of halogens is 1. The Bertz CT molecular complexity index is 735. The van der Waals surface area contributed by atoms with Crippen LogP contribution in [-0.4, -0.2) is 35.3 Å². The van der Waals surface area contributed by atoms with E-state index in [1.807, 2.05) is 13.0 Å². The Morgan fingerprint density at radius 3 is 2.48 bits per heavy atom. The van der Waals surface area contributed by atoms with E-state index in [2.05, 4.69) is 29.2 Å². The van der Waals surface area contributed by atoms with Crippen LogP contribution < -0.4 is 0 Å². The molecule has 2 aliphatic rings. The number of aliphatic hydroxyl groups is 1. The average Bonchev–Trinajstić information content (AvgIpc) is 2.59. The van der Waals surface area contributed by atoms with E-state index in [9.17, 15) is 9.50 Å². The lowest BCUT2D eigenvalue weighted by molar-refractivity contribution is -0.149. The third-order valence-corrected chi connectivity index (χ3v) is 5.61. The van der Waals surface area contributed by atoms with Gasteiger partial charge in [0.1, 0.15) is 5.82 Å². The van der Waals surface area contributed by atoms with Gasteiger partial charge in [-0.2, -0.15) is 0 Å². The standard InChI is InChI=1S/C21H24FNO2/c1-15-7-8-17(22)9-20(15)21(24)10-18-13-25-14-19(11-21)23(18)12-16-5-3-2-4-6-16/h2-9,18-19,24H,10-14H2,1H3. The molecule has 0 spiro atoms. The molecule has 4 rings (SSSR count). The molecule has 25 heavy (non-hydrogen) atoms. The fourth-order valence-electron chi connectivity index (χ4n) is 4.41. The molecule has 2 aliphatic heterocycles. The van der Waals surface area contributed by atoms with E-state index in [1.54, 1.807) is 6.07 Å². The van der Waals surface area contributed by atoms with E-state index >= 15 is 0 Å². The molecule has 132 valence electrons. The van der Waals surface area contributed by atoms with Crippen LogP contribution in [0.15, 0.2) is 48.5 Å². The molecular formula is C21H24FNO2. The summed E-state index contributed by atoms with van der Waals surface area (Å²) in [7, 11) is 0. The summed E-state index contributed by atoms with van der Waals surface area (Å²) in [5.41, 5.74) is 1.95. The fourth-order valence-corrected chi connectivity index (χ4v) is 4.41. The van der Waals surface area contributed by atoms with Crippen LogP contribution in [0.5, 0.6) is 0 Å². The molecule has 0 aliphatic carbocycles. The number of aryl methyl sites for hydroxylation is 1. The highest BCUT2D eigenvalue weighted by Gasteiger charge is 2.47. The third kappa shape index (κ3) is 3.22. The third-order valence-electron chi connectivity index (χ3n) is 5.61. The number of piperidine rings is 1. The first-order valence-electron chi connectivity index (χ1n) is 8.91. The van der Waals surface area contributed by atoms with Crippen molar-refractivity contribution >= 4 is 0 Å². The lowest BCUT2D eigenvalue weighted by Crippen LogP contribution is -2.60. The van der Waals surface area contributed by atoms with E-state index in [0.29, 0.717) is 26.1 Å². The zero-order chi connectivity index (χ0) is 17.4. The number of morpholine rings is 1. The van der Waals surface area contributed by atoms with Gasteiger partial charge in [-0.15, -0.1) is 0 Å². The van der Waals surface area contributed by atoms with Crippen molar-refractivity contribution in [3.63, 3.8) is 0 Å². The number of ether oxygens (including phenoxy) is 1. The van der Waals surface area contributed by atoms with Crippen LogP contribution in [0.4, 0.5) is 4.39 Å². The van der Waals surface area contributed by atoms with Gasteiger partial charge in [-0.1, -0.05) is 36.4 Å². The monoisotopic (exact) mass is 341 g/mol. The SMILES string of the molecule is Cc1ccc(F)cc1C1(O)CC2COCC(C1)N2Cc1ccccc1. The van der Waals surface area contributed by atoms with Gasteiger partial charge < -0.3 is 9.84 Å². The molecule has 0 radical (unpaired) electrons. The van der Waals surface area contributed by atoms with Gasteiger partial charge >= 0.3 is 0 Å². The smallest absolute Gasteiger partial charge is 0.123 e. The Balaban J connectivity index is 1.61. The summed E-state index contributed by atoms with van der Waals surface area (Å²) in [6.45, 7) is 4.02. The van der Waals surface area contributed by atoms with Gasteiger partial charge in [0, 0.05) is 18.6 Å². The number of hydrogen-bond donors (Lipinski definition) is 1. The van der Waals surface area contributed by atoms with Gasteiger partial charge in [-0.05, 0) is 48.6 Å². The molecule has 3 nitrogen and oxygen atoms in total. The molecule has 1 N–H and O–H groups in total. The van der Waals surface area contributed by atoms with Crippen molar-refractivity contribution in [1.82, 2.24) is 4.90 Å². The van der Waals surface area contributed by atoms with Gasteiger partial charge in [-0.25, -0.2) is 4.39 Å². The minimum atomic E-state index is -0.988. The molecule has 4 heteroatoms. The summed E-state index contributed by atoms with van der Waals surface area (Å²) in [6, 6.07) is 15.4. The molecule has 2 saturated heterocycles. The summed E-state index contributed by atoms with van der Waals surface area (Å²) in [4.78, 5) is 2.45. The molecule has 0 saturated carbocycles. The van der Waals surface area contributed by atoms with Gasteiger partial charge in [0.25, 0.3) is 0 Å². The van der Waals surface area contributed by atoms with Gasteiger partial charge in [0.05, 0.1) is 18.8 Å². The summed E-state index contributed by atoms with van der Waals surface area (Å²) in [6.07, 6.45) is 1.14. The average molecular weight is 341 g/mol. The summed E-state index contributed by atoms with van der Waals surface area (Å²) in [5.74, 6) is -0.290. The van der Waals surface area contributed by atoms with Crippen molar-refractivity contribution in [2.45, 2.75) is 44.0 Å². The number of benzene rings is 2. The van der Waals surface area contributed by atoms with E-state index in [-0.39, 0.29) is 17.9 Å². The first-order chi connectivity index (χ1) is 12.0. The molecule has 2 atom stereocenters. The summed E-state index contributed by atoms with van der Waals surface area (Å²) in [5, 5.41) is 11.4. The molecule has 2 bridgehead atoms. The van der Waals surface area contributed by atoms with Crippen LogP contribution in [-0.2, 0) is 16.9 Å². The highest BCUT2D eigenvalue weighted by atomic mass is 19.1. The van der Waals surface area contributed by atoms with Crippen molar-refractivity contribution in [2.24, 2.45) is 0 Å². The number of nitrogens with zero attached hydrogens (tertiary/aromatic N) is 1. The normalized spacial score (nSPS) is 29.6. The second kappa shape index (κ2) is 6.52. The highest BCUT2D eigenvalue weighted by molar-refractivity contribution is 5.33. The van der Waals surface area contributed by atoms with Gasteiger partial charge in [0.15, 0.2) is 0 Å². The van der Waals surface area contributed by atoms with E-state index in [1.165, 1.54) is 17.7 Å². The predicted octanol–water partition coefficient (Wildman–Crippen LogP) is 3.39. The number of fused-ring (bicyclic) bond motifs is 2. The zero-order valence-electron chi connectivity index (χ0n) is 14.5. The van der Waals surface area contributed by atoms with E-state index < -0.39 is 5.60 Å². The van der Waals surface area contributed by atoms with Crippen molar-refractivity contribution in [1.29, 1.82) is 0 Å². The van der Waals surface area contributed by atoms with Crippen molar-refractivity contribution in [3.05, 3.63) is 71.0 Å². The second-order valence-corrected chi connectivity index (χ2v) is 7.40. The Kier molecular flexibility index (Phi) is 4.36. The maximum atomic E-state index is 13.8. The Morgan fingerprint density at radius 2 is 1.80 bits per heavy atom. The van der Waals surface area contributed by atoms with Crippen LogP contribution in [0.25, 0.3) is 0 Å². The Hall–Kier alpha value is -1.75. The zero-order valence-corrected chi connectivity index (χ0v) is 14.5. The predicted molar refractivity (Wildman–Crippen MR) is 94.6 cm³/mol. The molecule has 0 amide bonds. The van der Waals surface area contributed by atoms with Crippen molar-refractivity contribution in [2.75, 3.05) is 13.2 Å². The van der Waals surface area contributed by atoms with E-state index in [4.69, 9.17) is 4.74 Å². The first-order valence-corrected chi connectivity index (χ1v) is 8.91. The molecule has 2 aromatic carbocycles. The van der Waals surface area contributed by atoms with Gasteiger partial charge in [-0.3, -0.25) is 4.90 Å². The van der Waals surface area contributed by atoms with Crippen molar-refractivity contribution < 1.29 is 14.2 Å². The maximum absolute atomic E-state index is 13.8. The van der Waals surface area contributed by atoms with E-state index in [0.717, 1.165) is 17.7 Å². The first kappa shape index (κ1) is 16.7. The lowest BCUT2D eigenvalue weighted by atomic mass is 9.75. The van der Waals surface area contributed by atoms with Crippen LogP contribution in [0.3, 0.4) is 0 Å². The second-order valence-electron chi connectivity index (χ2n) is 7.40. The van der Waals surface area contributed by atoms with Gasteiger partial charge in [0.2, 0.25) is 0 Å². The quantitative estimate of drug-likeness (QED) is 0.929. The summed E-state index contributed by atoms with van der Waals surface area (Å²) < 4.78 is 19.5. The lowest BCUT2D eigenvalue weighted by Gasteiger charge is -2.52. The van der Waals surface area contributed by atoms with Crippen molar-refractivity contribution in [3.8, 4) is 0 Å². The molecule has 2 aromatic rings. The topological polar surface area (TPSA) is 32.7 Å². The largest absolute Gasteiger partial charge is 0.385 e. The Labute approximate surface area is 148 Å². The van der Waals surface area contributed by atoms with Crippen LogP contribution in [0.1, 0.15) is 29.5 Å². The molecular weight excluding hydrogens is 317 g/mol. The van der Waals surface area contributed by atoms with Crippen LogP contribution >= 0.6 is 0 Å². The Morgan fingerprint density at radius 1 is 1.12 bits per heavy atom. The minimum absolute atomic E-state index is 0.139. The highest BCUT2D eigenvalue weighted by Crippen LogP contribution is 2.42. The van der Waals surface area contributed by atoms with Crippen LogP contribution in [0.2, 0.25) is 0 Å². The number of hydrogen-bond acceptors (Lipinski definition) is 3. The fraction of sp³-hybridized carbons (Fsp3) is 0.429. The number of rotatable bonds is 3. The molecule has 2 heterocycles. The summed E-state index contributed by atoms with van der Waals surface area (Å²) >= 11 is 0.